The fourth-order valence-corrected chi connectivity index (χ4v) is 2.70. The standard InChI is InChI=1S/C19H25F3N2O3/c1-12(2)5-7-15-10-18(26,19(20,21)22)24(23-15)17(25)11-27-16-8-6-13(3)14(4)9-16/h6,8-9,12,26H,5,7,10-11H2,1-4H3/t18-/m1/s1. The first kappa shape index (κ1) is 21.2. The lowest BCUT2D eigenvalue weighted by molar-refractivity contribution is -0.302. The Hall–Kier alpha value is -2.09. The Labute approximate surface area is 156 Å². The minimum atomic E-state index is -5.02. The van der Waals surface area contributed by atoms with Crippen molar-refractivity contribution < 1.29 is 27.8 Å². The van der Waals surface area contributed by atoms with Gasteiger partial charge >= 0.3 is 6.18 Å². The van der Waals surface area contributed by atoms with Crippen molar-refractivity contribution in [2.75, 3.05) is 6.61 Å². The second kappa shape index (κ2) is 7.88. The van der Waals surface area contributed by atoms with Crippen LogP contribution in [0.2, 0.25) is 0 Å². The summed E-state index contributed by atoms with van der Waals surface area (Å²) in [5.41, 5.74) is -1.22. The van der Waals surface area contributed by atoms with Crippen LogP contribution in [-0.4, -0.2) is 40.2 Å². The van der Waals surface area contributed by atoms with Gasteiger partial charge in [0.05, 0.1) is 0 Å². The highest BCUT2D eigenvalue weighted by molar-refractivity contribution is 5.91. The highest BCUT2D eigenvalue weighted by Crippen LogP contribution is 2.41. The number of hydrogen-bond acceptors (Lipinski definition) is 4. The number of carbonyl (C=O) groups excluding carboxylic acids is 1. The number of rotatable bonds is 6. The molecule has 1 atom stereocenters. The normalized spacial score (nSPS) is 20.2. The zero-order chi connectivity index (χ0) is 20.4. The summed E-state index contributed by atoms with van der Waals surface area (Å²) < 4.78 is 45.6. The van der Waals surface area contributed by atoms with Gasteiger partial charge in [-0.05, 0) is 55.9 Å². The molecule has 0 spiro atoms. The van der Waals surface area contributed by atoms with E-state index >= 15 is 0 Å². The van der Waals surface area contributed by atoms with Crippen molar-refractivity contribution in [3.8, 4) is 5.75 Å². The lowest BCUT2D eigenvalue weighted by Gasteiger charge is -2.32. The largest absolute Gasteiger partial charge is 0.484 e. The van der Waals surface area contributed by atoms with Crippen LogP contribution in [0, 0.1) is 19.8 Å². The Bertz CT molecular complexity index is 731. The number of hydrogen-bond donors (Lipinski definition) is 1. The molecule has 8 heteroatoms. The van der Waals surface area contributed by atoms with Gasteiger partial charge in [-0.3, -0.25) is 4.79 Å². The van der Waals surface area contributed by atoms with E-state index in [-0.39, 0.29) is 23.1 Å². The Morgan fingerprint density at radius 2 is 2.00 bits per heavy atom. The van der Waals surface area contributed by atoms with E-state index in [4.69, 9.17) is 4.74 Å². The predicted octanol–water partition coefficient (Wildman–Crippen LogP) is 3.96. The summed E-state index contributed by atoms with van der Waals surface area (Å²) in [6.07, 6.45) is -4.85. The third-order valence-corrected chi connectivity index (χ3v) is 4.58. The average molecular weight is 386 g/mol. The van der Waals surface area contributed by atoms with E-state index in [2.05, 4.69) is 5.10 Å². The van der Waals surface area contributed by atoms with Crippen molar-refractivity contribution in [1.82, 2.24) is 5.01 Å². The van der Waals surface area contributed by atoms with Gasteiger partial charge in [0.2, 0.25) is 0 Å². The number of amides is 1. The highest BCUT2D eigenvalue weighted by atomic mass is 19.4. The first-order valence-corrected chi connectivity index (χ1v) is 8.82. The lowest BCUT2D eigenvalue weighted by atomic mass is 9.99. The van der Waals surface area contributed by atoms with Crippen LogP contribution in [0.25, 0.3) is 0 Å². The number of aryl methyl sites for hydroxylation is 2. The summed E-state index contributed by atoms with van der Waals surface area (Å²) >= 11 is 0. The first-order chi connectivity index (χ1) is 12.4. The van der Waals surface area contributed by atoms with Crippen LogP contribution >= 0.6 is 0 Å². The van der Waals surface area contributed by atoms with Crippen molar-refractivity contribution in [2.24, 2.45) is 11.0 Å². The molecular weight excluding hydrogens is 361 g/mol. The molecule has 0 fully saturated rings. The van der Waals surface area contributed by atoms with E-state index in [9.17, 15) is 23.1 Å². The van der Waals surface area contributed by atoms with E-state index in [1.54, 1.807) is 18.2 Å². The molecule has 2 rings (SSSR count). The molecule has 1 aromatic rings. The van der Waals surface area contributed by atoms with Gasteiger partial charge in [0, 0.05) is 12.1 Å². The summed E-state index contributed by atoms with van der Waals surface area (Å²) in [7, 11) is 0. The third kappa shape index (κ3) is 4.80. The minimum absolute atomic E-state index is 0.129. The second-order valence-corrected chi connectivity index (χ2v) is 7.33. The number of carbonyl (C=O) groups is 1. The van der Waals surface area contributed by atoms with Crippen LogP contribution < -0.4 is 4.74 Å². The second-order valence-electron chi connectivity index (χ2n) is 7.33. The van der Waals surface area contributed by atoms with Crippen LogP contribution in [0.1, 0.15) is 44.2 Å². The number of ether oxygens (including phenoxy) is 1. The van der Waals surface area contributed by atoms with E-state index in [1.807, 2.05) is 27.7 Å². The van der Waals surface area contributed by atoms with Gasteiger partial charge in [-0.15, -0.1) is 0 Å². The molecule has 1 amide bonds. The number of benzene rings is 1. The molecule has 1 heterocycles. The molecule has 5 nitrogen and oxygen atoms in total. The zero-order valence-corrected chi connectivity index (χ0v) is 15.9. The van der Waals surface area contributed by atoms with Crippen LogP contribution in [-0.2, 0) is 4.79 Å². The van der Waals surface area contributed by atoms with Crippen molar-refractivity contribution in [1.29, 1.82) is 0 Å². The third-order valence-electron chi connectivity index (χ3n) is 4.58. The van der Waals surface area contributed by atoms with Crippen molar-refractivity contribution >= 4 is 11.6 Å². The van der Waals surface area contributed by atoms with Crippen molar-refractivity contribution in [2.45, 2.75) is 58.9 Å². The van der Waals surface area contributed by atoms with Crippen LogP contribution in [0.3, 0.4) is 0 Å². The first-order valence-electron chi connectivity index (χ1n) is 8.82. The van der Waals surface area contributed by atoms with Gasteiger partial charge in [-0.2, -0.15) is 23.3 Å². The molecule has 150 valence electrons. The zero-order valence-electron chi connectivity index (χ0n) is 15.9. The topological polar surface area (TPSA) is 62.1 Å². The summed E-state index contributed by atoms with van der Waals surface area (Å²) in [6.45, 7) is 6.99. The maximum atomic E-state index is 13.4. The number of hydrazone groups is 1. The van der Waals surface area contributed by atoms with Gasteiger partial charge in [0.15, 0.2) is 6.61 Å². The Morgan fingerprint density at radius 3 is 2.56 bits per heavy atom. The smallest absolute Gasteiger partial charge is 0.438 e. The molecule has 0 bridgehead atoms. The van der Waals surface area contributed by atoms with Gasteiger partial charge in [-0.25, -0.2) is 0 Å². The van der Waals surface area contributed by atoms with Crippen molar-refractivity contribution in [3.63, 3.8) is 0 Å². The summed E-state index contributed by atoms with van der Waals surface area (Å²) in [5, 5.41) is 14.1. The highest BCUT2D eigenvalue weighted by Gasteiger charge is 2.63. The predicted molar refractivity (Wildman–Crippen MR) is 95.4 cm³/mol. The van der Waals surface area contributed by atoms with Gasteiger partial charge in [0.1, 0.15) is 5.75 Å². The molecule has 0 saturated heterocycles. The summed E-state index contributed by atoms with van der Waals surface area (Å²) in [4.78, 5) is 12.4. The van der Waals surface area contributed by atoms with E-state index in [1.165, 1.54) is 0 Å². The van der Waals surface area contributed by atoms with Crippen LogP contribution in [0.15, 0.2) is 23.3 Å². The minimum Gasteiger partial charge on any atom is -0.484 e. The molecule has 0 saturated carbocycles. The van der Waals surface area contributed by atoms with E-state index < -0.39 is 30.8 Å². The number of aliphatic hydroxyl groups is 1. The maximum absolute atomic E-state index is 13.4. The average Bonchev–Trinajstić information content (AvgIpc) is 2.92. The fourth-order valence-electron chi connectivity index (χ4n) is 2.70. The number of alkyl halides is 3. The molecule has 1 N–H and O–H groups in total. The fraction of sp³-hybridized carbons (Fsp3) is 0.579. The monoisotopic (exact) mass is 386 g/mol. The molecule has 1 aromatic carbocycles. The molecule has 0 aromatic heterocycles. The Balaban J connectivity index is 2.14. The lowest BCUT2D eigenvalue weighted by Crippen LogP contribution is -2.57. The molecule has 1 aliphatic heterocycles. The molecule has 1 aliphatic rings. The molecular formula is C19H25F3N2O3. The van der Waals surface area contributed by atoms with E-state index in [0.717, 1.165) is 11.1 Å². The van der Waals surface area contributed by atoms with Crippen LogP contribution in [0.5, 0.6) is 5.75 Å². The summed E-state index contributed by atoms with van der Waals surface area (Å²) in [6, 6.07) is 5.12. The molecule has 0 radical (unpaired) electrons. The number of nitrogens with zero attached hydrogens (tertiary/aromatic N) is 2. The van der Waals surface area contributed by atoms with E-state index in [0.29, 0.717) is 12.2 Å². The number of halogens is 3. The quantitative estimate of drug-likeness (QED) is 0.805. The van der Waals surface area contributed by atoms with Gasteiger partial charge < -0.3 is 9.84 Å². The van der Waals surface area contributed by atoms with Crippen LogP contribution in [0.4, 0.5) is 13.2 Å². The molecule has 0 unspecified atom stereocenters. The maximum Gasteiger partial charge on any atom is 0.438 e. The Morgan fingerprint density at radius 1 is 1.33 bits per heavy atom. The summed E-state index contributed by atoms with van der Waals surface area (Å²) in [5.74, 6) is -0.414. The Kier molecular flexibility index (Phi) is 6.19. The SMILES string of the molecule is Cc1ccc(OCC(=O)N2N=C(CCC(C)C)C[C@@]2(O)C(F)(F)F)cc1C. The van der Waals surface area contributed by atoms with Gasteiger partial charge in [-0.1, -0.05) is 19.9 Å². The molecule has 27 heavy (non-hydrogen) atoms. The van der Waals surface area contributed by atoms with Crippen molar-refractivity contribution in [3.05, 3.63) is 29.3 Å². The molecule has 0 aliphatic carbocycles. The van der Waals surface area contributed by atoms with Gasteiger partial charge in [0.25, 0.3) is 11.6 Å².